The minimum Gasteiger partial charge on any atom is -0.353 e. The van der Waals surface area contributed by atoms with Gasteiger partial charge in [0, 0.05) is 42.7 Å². The molecule has 0 spiro atoms. The number of hydrogen-bond donors (Lipinski definition) is 1. The normalized spacial score (nSPS) is 17.1. The zero-order valence-electron chi connectivity index (χ0n) is 12.6. The average molecular weight is 297 g/mol. The molecule has 0 amide bonds. The number of thioether (sulfide) groups is 1. The van der Waals surface area contributed by atoms with Gasteiger partial charge in [0.25, 0.3) is 0 Å². The highest BCUT2D eigenvalue weighted by Crippen LogP contribution is 2.22. The number of pyridine rings is 1. The lowest BCUT2D eigenvalue weighted by atomic mass is 10.1. The fourth-order valence-electron chi connectivity index (χ4n) is 2.15. The molecule has 1 aromatic rings. The van der Waals surface area contributed by atoms with Gasteiger partial charge in [0.15, 0.2) is 11.6 Å². The van der Waals surface area contributed by atoms with Crippen molar-refractivity contribution in [1.82, 2.24) is 10.3 Å². The van der Waals surface area contributed by atoms with Crippen LogP contribution in [0.15, 0.2) is 12.3 Å². The van der Waals surface area contributed by atoms with E-state index in [0.717, 1.165) is 31.0 Å². The molecule has 0 unspecified atom stereocenters. The highest BCUT2D eigenvalue weighted by atomic mass is 32.2. The van der Waals surface area contributed by atoms with Gasteiger partial charge in [0.1, 0.15) is 0 Å². The molecule has 0 aromatic carbocycles. The van der Waals surface area contributed by atoms with E-state index in [0.29, 0.717) is 17.9 Å². The first kappa shape index (κ1) is 15.6. The molecule has 2 rings (SSSR count). The molecule has 0 aliphatic carbocycles. The van der Waals surface area contributed by atoms with Crippen molar-refractivity contribution in [2.75, 3.05) is 29.5 Å². The third-order valence-electron chi connectivity index (χ3n) is 3.28. The molecular weight excluding hydrogens is 273 g/mol. The van der Waals surface area contributed by atoms with Gasteiger partial charge in [-0.3, -0.25) is 0 Å². The first-order valence-corrected chi connectivity index (χ1v) is 8.34. The Morgan fingerprint density at radius 1 is 1.35 bits per heavy atom. The minimum absolute atomic E-state index is 0.0187. The fraction of sp³-hybridized carbons (Fsp3) is 0.667. The summed E-state index contributed by atoms with van der Waals surface area (Å²) >= 11 is 1.93. The molecule has 1 saturated heterocycles. The number of nitrogens with one attached hydrogen (secondary N) is 1. The maximum absolute atomic E-state index is 14.6. The molecule has 1 aliphatic heterocycles. The quantitative estimate of drug-likeness (QED) is 0.928. The lowest BCUT2D eigenvalue weighted by Crippen LogP contribution is -2.35. The Kier molecular flexibility index (Phi) is 5.27. The molecule has 3 nitrogen and oxygen atoms in total. The summed E-state index contributed by atoms with van der Waals surface area (Å²) in [4.78, 5) is 6.34. The minimum atomic E-state index is -0.170. The summed E-state index contributed by atoms with van der Waals surface area (Å²) in [6, 6.07) is 1.77. The van der Waals surface area contributed by atoms with Crippen molar-refractivity contribution in [3.63, 3.8) is 0 Å². The first-order valence-electron chi connectivity index (χ1n) is 7.18. The maximum Gasteiger partial charge on any atom is 0.170 e. The second kappa shape index (κ2) is 6.76. The SMILES string of the molecule is CC(C)(C)NCc1ccnc(N2CCCSCC2)c1F. The van der Waals surface area contributed by atoms with E-state index in [-0.39, 0.29) is 11.4 Å². The lowest BCUT2D eigenvalue weighted by Gasteiger charge is -2.24. The van der Waals surface area contributed by atoms with Crippen molar-refractivity contribution in [2.45, 2.75) is 39.3 Å². The number of anilines is 1. The topological polar surface area (TPSA) is 28.2 Å². The molecule has 20 heavy (non-hydrogen) atoms. The van der Waals surface area contributed by atoms with Crippen LogP contribution < -0.4 is 10.2 Å². The maximum atomic E-state index is 14.6. The summed E-state index contributed by atoms with van der Waals surface area (Å²) in [6.07, 6.45) is 2.81. The summed E-state index contributed by atoms with van der Waals surface area (Å²) in [7, 11) is 0. The Hall–Kier alpha value is -0.810. The summed E-state index contributed by atoms with van der Waals surface area (Å²) in [5.74, 6) is 2.55. The van der Waals surface area contributed by atoms with Crippen LogP contribution in [0, 0.1) is 5.82 Å². The van der Waals surface area contributed by atoms with Gasteiger partial charge >= 0.3 is 0 Å². The van der Waals surface area contributed by atoms with E-state index in [4.69, 9.17) is 0 Å². The molecule has 0 bridgehead atoms. The van der Waals surface area contributed by atoms with Gasteiger partial charge in [0.2, 0.25) is 0 Å². The molecule has 112 valence electrons. The smallest absolute Gasteiger partial charge is 0.170 e. The van der Waals surface area contributed by atoms with Crippen LogP contribution in [0.1, 0.15) is 32.8 Å². The molecule has 1 aliphatic rings. The van der Waals surface area contributed by atoms with Gasteiger partial charge in [-0.25, -0.2) is 9.37 Å². The van der Waals surface area contributed by atoms with Gasteiger partial charge in [-0.05, 0) is 39.0 Å². The van der Waals surface area contributed by atoms with Gasteiger partial charge in [-0.1, -0.05) is 0 Å². The van der Waals surface area contributed by atoms with Crippen molar-refractivity contribution in [3.05, 3.63) is 23.6 Å². The van der Waals surface area contributed by atoms with Crippen molar-refractivity contribution in [2.24, 2.45) is 0 Å². The molecule has 5 heteroatoms. The van der Waals surface area contributed by atoms with E-state index in [1.807, 2.05) is 11.8 Å². The molecule has 0 atom stereocenters. The van der Waals surface area contributed by atoms with Crippen LogP contribution in [0.5, 0.6) is 0 Å². The Bertz CT molecular complexity index is 437. The Balaban J connectivity index is 2.13. The molecule has 1 aromatic heterocycles. The molecule has 1 N–H and O–H groups in total. The van der Waals surface area contributed by atoms with E-state index in [9.17, 15) is 4.39 Å². The van der Waals surface area contributed by atoms with Crippen LogP contribution >= 0.6 is 11.8 Å². The average Bonchev–Trinajstić information content (AvgIpc) is 2.65. The lowest BCUT2D eigenvalue weighted by molar-refractivity contribution is 0.418. The van der Waals surface area contributed by atoms with Crippen molar-refractivity contribution < 1.29 is 4.39 Å². The van der Waals surface area contributed by atoms with Crippen LogP contribution in [0.3, 0.4) is 0 Å². The third kappa shape index (κ3) is 4.35. The van der Waals surface area contributed by atoms with Crippen LogP contribution in [0.4, 0.5) is 10.2 Å². The van der Waals surface area contributed by atoms with E-state index in [2.05, 4.69) is 36.0 Å². The van der Waals surface area contributed by atoms with Crippen LogP contribution in [-0.4, -0.2) is 35.1 Å². The number of halogens is 1. The van der Waals surface area contributed by atoms with E-state index >= 15 is 0 Å². The molecule has 0 saturated carbocycles. The van der Waals surface area contributed by atoms with Crippen molar-refractivity contribution >= 4 is 17.6 Å². The Morgan fingerprint density at radius 3 is 2.90 bits per heavy atom. The number of nitrogens with zero attached hydrogens (tertiary/aromatic N) is 2. The first-order chi connectivity index (χ1) is 9.47. The number of aromatic nitrogens is 1. The summed E-state index contributed by atoms with van der Waals surface area (Å²) in [5, 5.41) is 3.33. The van der Waals surface area contributed by atoms with Gasteiger partial charge in [-0.15, -0.1) is 0 Å². The van der Waals surface area contributed by atoms with Crippen molar-refractivity contribution in [1.29, 1.82) is 0 Å². The summed E-state index contributed by atoms with van der Waals surface area (Å²) in [5.41, 5.74) is 0.677. The molecule has 0 radical (unpaired) electrons. The zero-order valence-corrected chi connectivity index (χ0v) is 13.4. The predicted octanol–water partition coefficient (Wildman–Crippen LogP) is 3.05. The second-order valence-electron chi connectivity index (χ2n) is 6.16. The number of hydrogen-bond acceptors (Lipinski definition) is 4. The van der Waals surface area contributed by atoms with Crippen LogP contribution in [0.25, 0.3) is 0 Å². The predicted molar refractivity (Wildman–Crippen MR) is 84.9 cm³/mol. The third-order valence-corrected chi connectivity index (χ3v) is 4.33. The van der Waals surface area contributed by atoms with Crippen LogP contribution in [0.2, 0.25) is 0 Å². The monoisotopic (exact) mass is 297 g/mol. The molecular formula is C15H24FN3S. The standard InChI is InChI=1S/C15H24FN3S/c1-15(2,3)18-11-12-5-6-17-14(13(12)16)19-7-4-9-20-10-8-19/h5-6,18H,4,7-11H2,1-3H3. The number of rotatable bonds is 3. The highest BCUT2D eigenvalue weighted by Gasteiger charge is 2.18. The van der Waals surface area contributed by atoms with Crippen molar-refractivity contribution in [3.8, 4) is 0 Å². The Morgan fingerprint density at radius 2 is 2.15 bits per heavy atom. The van der Waals surface area contributed by atoms with Crippen LogP contribution in [-0.2, 0) is 6.54 Å². The van der Waals surface area contributed by atoms with Gasteiger partial charge < -0.3 is 10.2 Å². The molecule has 2 heterocycles. The van der Waals surface area contributed by atoms with E-state index in [1.165, 1.54) is 0 Å². The van der Waals surface area contributed by atoms with Gasteiger partial charge in [-0.2, -0.15) is 11.8 Å². The summed E-state index contributed by atoms with van der Waals surface area (Å²) < 4.78 is 14.6. The molecule has 1 fully saturated rings. The second-order valence-corrected chi connectivity index (χ2v) is 7.39. The van der Waals surface area contributed by atoms with E-state index in [1.54, 1.807) is 12.3 Å². The summed E-state index contributed by atoms with van der Waals surface area (Å²) in [6.45, 7) is 8.56. The van der Waals surface area contributed by atoms with E-state index < -0.39 is 0 Å². The fourth-order valence-corrected chi connectivity index (χ4v) is 3.03. The van der Waals surface area contributed by atoms with Gasteiger partial charge in [0.05, 0.1) is 0 Å². The Labute approximate surface area is 125 Å². The highest BCUT2D eigenvalue weighted by molar-refractivity contribution is 7.99. The largest absolute Gasteiger partial charge is 0.353 e. The zero-order chi connectivity index (χ0) is 14.6.